The van der Waals surface area contributed by atoms with E-state index in [0.717, 1.165) is 25.8 Å². The third-order valence-corrected chi connectivity index (χ3v) is 5.51. The summed E-state index contributed by atoms with van der Waals surface area (Å²) in [6.45, 7) is 5.47. The zero-order valence-corrected chi connectivity index (χ0v) is 13.7. The van der Waals surface area contributed by atoms with Crippen LogP contribution in [0, 0.1) is 5.92 Å². The molecule has 0 bridgehead atoms. The van der Waals surface area contributed by atoms with Gasteiger partial charge in [-0.25, -0.2) is 13.1 Å². The summed E-state index contributed by atoms with van der Waals surface area (Å²) in [5.41, 5.74) is 0. The molecular formula is C15H26N2O3S. The lowest BCUT2D eigenvalue weighted by molar-refractivity contribution is 0.386. The van der Waals surface area contributed by atoms with Crippen LogP contribution in [-0.2, 0) is 16.6 Å². The Kier molecular flexibility index (Phi) is 5.84. The molecule has 0 radical (unpaired) electrons. The van der Waals surface area contributed by atoms with E-state index < -0.39 is 10.0 Å². The van der Waals surface area contributed by atoms with Crippen LogP contribution in [0.25, 0.3) is 0 Å². The van der Waals surface area contributed by atoms with Crippen LogP contribution in [0.3, 0.4) is 0 Å². The Balaban J connectivity index is 1.95. The monoisotopic (exact) mass is 314 g/mol. The van der Waals surface area contributed by atoms with Crippen LogP contribution in [0.5, 0.6) is 0 Å². The minimum Gasteiger partial charge on any atom is -0.447 e. The van der Waals surface area contributed by atoms with E-state index in [2.05, 4.69) is 17.0 Å². The normalized spacial score (nSPS) is 18.2. The van der Waals surface area contributed by atoms with Gasteiger partial charge in [-0.3, -0.25) is 0 Å². The molecule has 0 aromatic carbocycles. The van der Waals surface area contributed by atoms with Crippen molar-refractivity contribution in [2.75, 3.05) is 6.54 Å². The molecule has 1 fully saturated rings. The van der Waals surface area contributed by atoms with Gasteiger partial charge in [0.15, 0.2) is 0 Å². The van der Waals surface area contributed by atoms with Crippen LogP contribution in [0.4, 0.5) is 0 Å². The van der Waals surface area contributed by atoms with Gasteiger partial charge in [-0.05, 0) is 50.8 Å². The molecule has 0 aliphatic heterocycles. The average Bonchev–Trinajstić information content (AvgIpc) is 3.10. The minimum absolute atomic E-state index is 0.0145. The zero-order valence-electron chi connectivity index (χ0n) is 12.9. The van der Waals surface area contributed by atoms with E-state index >= 15 is 0 Å². The van der Waals surface area contributed by atoms with E-state index in [9.17, 15) is 8.42 Å². The van der Waals surface area contributed by atoms with Crippen molar-refractivity contribution in [1.82, 2.24) is 10.0 Å². The van der Waals surface area contributed by atoms with Crippen molar-refractivity contribution < 1.29 is 12.8 Å². The Bertz CT molecular complexity index is 533. The standard InChI is InChI=1S/C15H26N2O3S/c1-3-10-16-11-14-8-9-15(20-14)21(18,19)17-12(2)13-6-4-5-7-13/h8-9,12-13,16-17H,3-7,10-11H2,1-2H3. The molecule has 6 heteroatoms. The number of sulfonamides is 1. The summed E-state index contributed by atoms with van der Waals surface area (Å²) in [7, 11) is -3.55. The largest absolute Gasteiger partial charge is 0.447 e. The highest BCUT2D eigenvalue weighted by molar-refractivity contribution is 7.89. The molecule has 1 unspecified atom stereocenters. The smallest absolute Gasteiger partial charge is 0.274 e. The molecule has 1 heterocycles. The van der Waals surface area contributed by atoms with Gasteiger partial charge in [0.25, 0.3) is 10.0 Å². The number of furan rings is 1. The Morgan fingerprint density at radius 1 is 1.33 bits per heavy atom. The maximum absolute atomic E-state index is 12.3. The first-order valence-corrected chi connectivity index (χ1v) is 9.33. The van der Waals surface area contributed by atoms with E-state index in [1.807, 2.05) is 6.92 Å². The first-order chi connectivity index (χ1) is 10.0. The average molecular weight is 314 g/mol. The Morgan fingerprint density at radius 3 is 2.71 bits per heavy atom. The van der Waals surface area contributed by atoms with Gasteiger partial charge in [0.1, 0.15) is 5.76 Å². The summed E-state index contributed by atoms with van der Waals surface area (Å²) in [5, 5.41) is 3.21. The summed E-state index contributed by atoms with van der Waals surface area (Å²) in [5.74, 6) is 1.10. The molecule has 1 aliphatic rings. The molecule has 1 aliphatic carbocycles. The lowest BCUT2D eigenvalue weighted by Gasteiger charge is -2.19. The molecule has 120 valence electrons. The minimum atomic E-state index is -3.55. The van der Waals surface area contributed by atoms with Gasteiger partial charge in [-0.1, -0.05) is 19.8 Å². The van der Waals surface area contributed by atoms with Crippen LogP contribution in [-0.4, -0.2) is 21.0 Å². The molecule has 0 saturated heterocycles. The van der Waals surface area contributed by atoms with Crippen LogP contribution in [0.2, 0.25) is 0 Å². The van der Waals surface area contributed by atoms with Crippen LogP contribution >= 0.6 is 0 Å². The Labute approximate surface area is 127 Å². The number of rotatable bonds is 8. The fourth-order valence-electron chi connectivity index (χ4n) is 2.84. The molecule has 0 spiro atoms. The highest BCUT2D eigenvalue weighted by Gasteiger charge is 2.27. The van der Waals surface area contributed by atoms with Gasteiger partial charge in [-0.15, -0.1) is 0 Å². The Hall–Kier alpha value is -0.850. The molecular weight excluding hydrogens is 288 g/mol. The van der Waals surface area contributed by atoms with Gasteiger partial charge in [0.05, 0.1) is 6.54 Å². The maximum Gasteiger partial charge on any atom is 0.274 e. The summed E-state index contributed by atoms with van der Waals surface area (Å²) >= 11 is 0. The Morgan fingerprint density at radius 2 is 2.05 bits per heavy atom. The molecule has 2 N–H and O–H groups in total. The molecule has 1 atom stereocenters. The predicted molar refractivity (Wildman–Crippen MR) is 82.4 cm³/mol. The molecule has 1 aromatic rings. The van der Waals surface area contributed by atoms with Crippen LogP contribution < -0.4 is 10.0 Å². The van der Waals surface area contributed by atoms with E-state index in [1.54, 1.807) is 6.07 Å². The van der Waals surface area contributed by atoms with Gasteiger partial charge >= 0.3 is 0 Å². The van der Waals surface area contributed by atoms with E-state index in [-0.39, 0.29) is 11.1 Å². The van der Waals surface area contributed by atoms with Gasteiger partial charge < -0.3 is 9.73 Å². The van der Waals surface area contributed by atoms with Crippen LogP contribution in [0.1, 0.15) is 51.7 Å². The van der Waals surface area contributed by atoms with Crippen molar-refractivity contribution >= 4 is 10.0 Å². The third-order valence-electron chi connectivity index (χ3n) is 4.08. The quantitative estimate of drug-likeness (QED) is 0.724. The maximum atomic E-state index is 12.3. The van der Waals surface area contributed by atoms with E-state index in [4.69, 9.17) is 4.42 Å². The second-order valence-corrected chi connectivity index (χ2v) is 7.50. The molecule has 1 aromatic heterocycles. The third kappa shape index (κ3) is 4.56. The fourth-order valence-corrected chi connectivity index (χ4v) is 4.10. The molecule has 21 heavy (non-hydrogen) atoms. The van der Waals surface area contributed by atoms with Crippen LogP contribution in [0.15, 0.2) is 21.6 Å². The number of nitrogens with one attached hydrogen (secondary N) is 2. The van der Waals surface area contributed by atoms with Gasteiger partial charge in [-0.2, -0.15) is 0 Å². The van der Waals surface area contributed by atoms with E-state index in [1.165, 1.54) is 18.9 Å². The highest BCUT2D eigenvalue weighted by Crippen LogP contribution is 2.28. The summed E-state index contributed by atoms with van der Waals surface area (Å²) in [4.78, 5) is 0. The SMILES string of the molecule is CCCNCc1ccc(S(=O)(=O)NC(C)C2CCCC2)o1. The van der Waals surface area contributed by atoms with E-state index in [0.29, 0.717) is 18.2 Å². The molecule has 2 rings (SSSR count). The first-order valence-electron chi connectivity index (χ1n) is 7.84. The van der Waals surface area contributed by atoms with Crippen molar-refractivity contribution in [3.05, 3.63) is 17.9 Å². The van der Waals surface area contributed by atoms with Crippen molar-refractivity contribution in [2.24, 2.45) is 5.92 Å². The lowest BCUT2D eigenvalue weighted by Crippen LogP contribution is -2.37. The first kappa shape index (κ1) is 16.5. The molecule has 0 amide bonds. The van der Waals surface area contributed by atoms with Crippen molar-refractivity contribution in [1.29, 1.82) is 0 Å². The molecule has 1 saturated carbocycles. The van der Waals surface area contributed by atoms with Gasteiger partial charge in [0, 0.05) is 6.04 Å². The summed E-state index contributed by atoms with van der Waals surface area (Å²) < 4.78 is 32.8. The van der Waals surface area contributed by atoms with Gasteiger partial charge in [0.2, 0.25) is 5.09 Å². The van der Waals surface area contributed by atoms with Crippen molar-refractivity contribution in [2.45, 2.75) is 63.6 Å². The molecule has 5 nitrogen and oxygen atoms in total. The summed E-state index contributed by atoms with van der Waals surface area (Å²) in [6.07, 6.45) is 5.64. The number of hydrogen-bond donors (Lipinski definition) is 2. The predicted octanol–water partition coefficient (Wildman–Crippen LogP) is 2.64. The zero-order chi connectivity index (χ0) is 15.3. The fraction of sp³-hybridized carbons (Fsp3) is 0.733. The second-order valence-electron chi connectivity index (χ2n) is 5.85. The van der Waals surface area contributed by atoms with Crippen molar-refractivity contribution in [3.63, 3.8) is 0 Å². The number of hydrogen-bond acceptors (Lipinski definition) is 4. The lowest BCUT2D eigenvalue weighted by atomic mass is 10.0. The highest BCUT2D eigenvalue weighted by atomic mass is 32.2. The second kappa shape index (κ2) is 7.42. The summed E-state index contributed by atoms with van der Waals surface area (Å²) in [6, 6.07) is 3.22. The van der Waals surface area contributed by atoms with Crippen molar-refractivity contribution in [3.8, 4) is 0 Å². The topological polar surface area (TPSA) is 71.3 Å².